The molecule has 0 spiro atoms. The molecular weight excluding hydrogens is 240 g/mol. The van der Waals surface area contributed by atoms with Gasteiger partial charge < -0.3 is 10.4 Å². The minimum atomic E-state index is -0.781. The molecule has 104 valence electrons. The van der Waals surface area contributed by atoms with Crippen LogP contribution in [0.5, 0.6) is 0 Å². The fourth-order valence-corrected chi connectivity index (χ4v) is 2.66. The fraction of sp³-hybridized carbons (Fsp3) is 0.600. The Morgan fingerprint density at radius 2 is 2.16 bits per heavy atom. The van der Waals surface area contributed by atoms with Crippen LogP contribution in [0.25, 0.3) is 0 Å². The number of aromatic nitrogens is 1. The van der Waals surface area contributed by atoms with E-state index in [2.05, 4.69) is 10.3 Å². The number of rotatable bonds is 4. The molecule has 0 radical (unpaired) electrons. The van der Waals surface area contributed by atoms with Gasteiger partial charge in [-0.1, -0.05) is 19.3 Å². The quantitative estimate of drug-likeness (QED) is 0.873. The Balaban J connectivity index is 1.81. The molecule has 0 unspecified atom stereocenters. The summed E-state index contributed by atoms with van der Waals surface area (Å²) in [6.07, 6.45) is 6.66. The molecule has 0 bridgehead atoms. The Morgan fingerprint density at radius 3 is 2.84 bits per heavy atom. The highest BCUT2D eigenvalue weighted by Gasteiger charge is 2.31. The smallest absolute Gasteiger partial charge is 0.223 e. The maximum absolute atomic E-state index is 11.9. The van der Waals surface area contributed by atoms with E-state index >= 15 is 0 Å². The molecule has 1 aromatic rings. The molecule has 0 saturated heterocycles. The van der Waals surface area contributed by atoms with Crippen molar-refractivity contribution in [3.63, 3.8) is 0 Å². The molecule has 1 amide bonds. The van der Waals surface area contributed by atoms with Crippen LogP contribution in [0.2, 0.25) is 0 Å². The number of aliphatic hydroxyl groups is 1. The zero-order valence-electron chi connectivity index (χ0n) is 11.5. The van der Waals surface area contributed by atoms with E-state index in [0.717, 1.165) is 36.9 Å². The molecule has 4 nitrogen and oxygen atoms in total. The molecule has 1 heterocycles. The Bertz CT molecular complexity index is 440. The van der Waals surface area contributed by atoms with Crippen LogP contribution in [0.1, 0.15) is 49.8 Å². The lowest BCUT2D eigenvalue weighted by molar-refractivity contribution is -0.127. The van der Waals surface area contributed by atoms with E-state index in [4.69, 9.17) is 0 Å². The highest BCUT2D eigenvalue weighted by atomic mass is 16.3. The van der Waals surface area contributed by atoms with Gasteiger partial charge in [0.1, 0.15) is 0 Å². The average molecular weight is 262 g/mol. The lowest BCUT2D eigenvalue weighted by Gasteiger charge is -2.31. The van der Waals surface area contributed by atoms with Crippen molar-refractivity contribution >= 4 is 5.91 Å². The highest BCUT2D eigenvalue weighted by molar-refractivity contribution is 5.77. The molecule has 2 N–H and O–H groups in total. The molecule has 0 atom stereocenters. The van der Waals surface area contributed by atoms with Gasteiger partial charge in [-0.2, -0.15) is 0 Å². The van der Waals surface area contributed by atoms with Crippen LogP contribution in [-0.4, -0.2) is 21.6 Å². The monoisotopic (exact) mass is 262 g/mol. The number of hydrogen-bond acceptors (Lipinski definition) is 3. The third-order valence-corrected chi connectivity index (χ3v) is 3.72. The summed E-state index contributed by atoms with van der Waals surface area (Å²) in [5, 5.41) is 13.2. The molecular formula is C15H22N2O2. The van der Waals surface area contributed by atoms with Crippen molar-refractivity contribution in [2.24, 2.45) is 0 Å². The predicted octanol–water partition coefficient (Wildman–Crippen LogP) is 2.09. The molecule has 0 aliphatic heterocycles. The summed E-state index contributed by atoms with van der Waals surface area (Å²) >= 11 is 0. The Hall–Kier alpha value is -1.42. The topological polar surface area (TPSA) is 62.2 Å². The standard InChI is InChI=1S/C15H22N2O2/c1-12-9-13(5-8-16-12)11-17-14(18)10-15(19)6-3-2-4-7-15/h5,8-9,19H,2-4,6-7,10-11H2,1H3,(H,17,18). The van der Waals surface area contributed by atoms with Crippen molar-refractivity contribution in [2.75, 3.05) is 0 Å². The summed E-state index contributed by atoms with van der Waals surface area (Å²) < 4.78 is 0. The molecule has 1 aliphatic rings. The van der Waals surface area contributed by atoms with E-state index in [9.17, 15) is 9.90 Å². The van der Waals surface area contributed by atoms with E-state index in [-0.39, 0.29) is 12.3 Å². The Labute approximate surface area is 114 Å². The number of pyridine rings is 1. The molecule has 1 aromatic heterocycles. The van der Waals surface area contributed by atoms with Crippen molar-refractivity contribution in [1.29, 1.82) is 0 Å². The second kappa shape index (κ2) is 6.15. The SMILES string of the molecule is Cc1cc(CNC(=O)CC2(O)CCCCC2)ccn1. The zero-order valence-corrected chi connectivity index (χ0v) is 11.5. The van der Waals surface area contributed by atoms with Gasteiger partial charge in [-0.25, -0.2) is 0 Å². The van der Waals surface area contributed by atoms with E-state index in [1.54, 1.807) is 6.20 Å². The number of nitrogens with zero attached hydrogens (tertiary/aromatic N) is 1. The highest BCUT2D eigenvalue weighted by Crippen LogP contribution is 2.30. The first-order valence-electron chi connectivity index (χ1n) is 6.98. The summed E-state index contributed by atoms with van der Waals surface area (Å²) in [4.78, 5) is 16.0. The number of aryl methyl sites for hydroxylation is 1. The molecule has 1 saturated carbocycles. The maximum Gasteiger partial charge on any atom is 0.223 e. The van der Waals surface area contributed by atoms with Gasteiger partial charge in [-0.3, -0.25) is 9.78 Å². The van der Waals surface area contributed by atoms with Gasteiger partial charge in [0, 0.05) is 18.4 Å². The van der Waals surface area contributed by atoms with Crippen molar-refractivity contribution < 1.29 is 9.90 Å². The number of carbonyl (C=O) groups excluding carboxylic acids is 1. The molecule has 1 fully saturated rings. The van der Waals surface area contributed by atoms with E-state index in [1.807, 2.05) is 19.1 Å². The third kappa shape index (κ3) is 4.31. The summed E-state index contributed by atoms with van der Waals surface area (Å²) in [5.74, 6) is -0.0705. The third-order valence-electron chi connectivity index (χ3n) is 3.72. The van der Waals surface area contributed by atoms with Gasteiger partial charge in [0.2, 0.25) is 5.91 Å². The molecule has 1 aliphatic carbocycles. The second-order valence-corrected chi connectivity index (χ2v) is 5.54. The van der Waals surface area contributed by atoms with Crippen LogP contribution in [-0.2, 0) is 11.3 Å². The molecule has 19 heavy (non-hydrogen) atoms. The predicted molar refractivity (Wildman–Crippen MR) is 73.5 cm³/mol. The number of carbonyl (C=O) groups is 1. The fourth-order valence-electron chi connectivity index (χ4n) is 2.66. The van der Waals surface area contributed by atoms with Gasteiger partial charge in [-0.15, -0.1) is 0 Å². The Kier molecular flexibility index (Phi) is 4.53. The van der Waals surface area contributed by atoms with Gasteiger partial charge in [0.15, 0.2) is 0 Å². The van der Waals surface area contributed by atoms with Crippen molar-refractivity contribution in [3.8, 4) is 0 Å². The lowest BCUT2D eigenvalue weighted by atomic mass is 9.82. The largest absolute Gasteiger partial charge is 0.389 e. The van der Waals surface area contributed by atoms with Crippen LogP contribution < -0.4 is 5.32 Å². The first-order chi connectivity index (χ1) is 9.07. The van der Waals surface area contributed by atoms with Crippen LogP contribution >= 0.6 is 0 Å². The average Bonchev–Trinajstić information content (AvgIpc) is 2.37. The number of amides is 1. The molecule has 2 rings (SSSR count). The van der Waals surface area contributed by atoms with Gasteiger partial charge in [-0.05, 0) is 37.5 Å². The minimum Gasteiger partial charge on any atom is -0.389 e. The zero-order chi connectivity index (χ0) is 13.7. The second-order valence-electron chi connectivity index (χ2n) is 5.54. The van der Waals surface area contributed by atoms with Crippen LogP contribution in [0.3, 0.4) is 0 Å². The van der Waals surface area contributed by atoms with Crippen molar-refractivity contribution in [2.45, 2.75) is 57.6 Å². The number of nitrogens with one attached hydrogen (secondary N) is 1. The van der Waals surface area contributed by atoms with E-state index < -0.39 is 5.60 Å². The van der Waals surface area contributed by atoms with Crippen molar-refractivity contribution in [3.05, 3.63) is 29.6 Å². The lowest BCUT2D eigenvalue weighted by Crippen LogP contribution is -2.38. The summed E-state index contributed by atoms with van der Waals surface area (Å²) in [7, 11) is 0. The van der Waals surface area contributed by atoms with E-state index in [1.165, 1.54) is 6.42 Å². The summed E-state index contributed by atoms with van der Waals surface area (Å²) in [6, 6.07) is 3.85. The summed E-state index contributed by atoms with van der Waals surface area (Å²) in [6.45, 7) is 2.42. The Morgan fingerprint density at radius 1 is 1.42 bits per heavy atom. The molecule has 0 aromatic carbocycles. The first kappa shape index (κ1) is 14.0. The summed E-state index contributed by atoms with van der Waals surface area (Å²) in [5.41, 5.74) is 1.20. The molecule has 4 heteroatoms. The van der Waals surface area contributed by atoms with Crippen molar-refractivity contribution in [1.82, 2.24) is 10.3 Å². The van der Waals surface area contributed by atoms with E-state index in [0.29, 0.717) is 6.54 Å². The normalized spacial score (nSPS) is 18.0. The van der Waals surface area contributed by atoms with Crippen LogP contribution in [0, 0.1) is 6.92 Å². The van der Waals surface area contributed by atoms with Gasteiger partial charge in [0.05, 0.1) is 12.0 Å². The van der Waals surface area contributed by atoms with Gasteiger partial charge in [0.25, 0.3) is 0 Å². The van der Waals surface area contributed by atoms with Gasteiger partial charge >= 0.3 is 0 Å². The van der Waals surface area contributed by atoms with Crippen LogP contribution in [0.15, 0.2) is 18.3 Å². The van der Waals surface area contributed by atoms with Crippen LogP contribution in [0.4, 0.5) is 0 Å². The number of hydrogen-bond donors (Lipinski definition) is 2. The minimum absolute atomic E-state index is 0.0705. The maximum atomic E-state index is 11.9. The first-order valence-corrected chi connectivity index (χ1v) is 6.98.